The first-order valence-electron chi connectivity index (χ1n) is 10.6. The Hall–Kier alpha value is -1.85. The van der Waals surface area contributed by atoms with Crippen molar-refractivity contribution in [1.29, 1.82) is 0 Å². The predicted octanol–water partition coefficient (Wildman–Crippen LogP) is 3.68. The van der Waals surface area contributed by atoms with Crippen LogP contribution in [0.25, 0.3) is 0 Å². The molecule has 0 aromatic heterocycles. The maximum Gasteiger partial charge on any atom is 0.309 e. The highest BCUT2D eigenvalue weighted by atomic mass is 16.6. The van der Waals surface area contributed by atoms with Crippen LogP contribution in [0.15, 0.2) is 12.2 Å². The molecule has 0 radical (unpaired) electrons. The molecule has 6 nitrogen and oxygen atoms in total. The van der Waals surface area contributed by atoms with Crippen LogP contribution in [0.1, 0.15) is 78.6 Å². The average Bonchev–Trinajstić information content (AvgIpc) is 2.62. The summed E-state index contributed by atoms with van der Waals surface area (Å²) in [5.74, 6) is -1.01. The smallest absolute Gasteiger partial charge is 0.309 e. The Morgan fingerprint density at radius 2 is 1.89 bits per heavy atom. The number of hydrogen-bond acceptors (Lipinski definition) is 5. The fourth-order valence-electron chi connectivity index (χ4n) is 3.84. The summed E-state index contributed by atoms with van der Waals surface area (Å²) in [7, 11) is 0. The summed E-state index contributed by atoms with van der Waals surface area (Å²) in [4.78, 5) is 37.1. The first-order valence-corrected chi connectivity index (χ1v) is 10.6. The van der Waals surface area contributed by atoms with Crippen molar-refractivity contribution in [3.8, 4) is 0 Å². The second kappa shape index (κ2) is 10.6. The fourth-order valence-corrected chi connectivity index (χ4v) is 3.84. The number of rotatable bonds is 3. The van der Waals surface area contributed by atoms with Crippen molar-refractivity contribution in [2.45, 2.75) is 90.2 Å². The van der Waals surface area contributed by atoms with Crippen LogP contribution < -0.4 is 5.32 Å². The first kappa shape index (κ1) is 22.4. The van der Waals surface area contributed by atoms with Crippen LogP contribution in [-0.4, -0.2) is 36.1 Å². The van der Waals surface area contributed by atoms with E-state index in [0.717, 1.165) is 25.7 Å². The Morgan fingerprint density at radius 1 is 1.18 bits per heavy atom. The Kier molecular flexibility index (Phi) is 8.52. The molecule has 2 rings (SSSR count). The van der Waals surface area contributed by atoms with Crippen molar-refractivity contribution in [2.24, 2.45) is 11.8 Å². The minimum Gasteiger partial charge on any atom is -0.463 e. The van der Waals surface area contributed by atoms with E-state index in [9.17, 15) is 14.4 Å². The van der Waals surface area contributed by atoms with E-state index in [-0.39, 0.29) is 25.0 Å². The quantitative estimate of drug-likeness (QED) is 0.584. The summed E-state index contributed by atoms with van der Waals surface area (Å²) in [5.41, 5.74) is -0.585. The molecule has 1 N–H and O–H groups in total. The predicted molar refractivity (Wildman–Crippen MR) is 106 cm³/mol. The molecule has 0 bridgehead atoms. The zero-order valence-corrected chi connectivity index (χ0v) is 17.5. The van der Waals surface area contributed by atoms with Crippen molar-refractivity contribution in [1.82, 2.24) is 5.32 Å². The Labute approximate surface area is 168 Å². The van der Waals surface area contributed by atoms with Gasteiger partial charge in [0.1, 0.15) is 12.2 Å². The zero-order valence-electron chi connectivity index (χ0n) is 17.5. The summed E-state index contributed by atoms with van der Waals surface area (Å²) in [5, 5.41) is 3.07. The van der Waals surface area contributed by atoms with Gasteiger partial charge in [-0.05, 0) is 52.4 Å². The number of ether oxygens (including phenoxy) is 2. The van der Waals surface area contributed by atoms with Crippen molar-refractivity contribution < 1.29 is 23.9 Å². The zero-order chi connectivity index (χ0) is 20.6. The van der Waals surface area contributed by atoms with Gasteiger partial charge in [-0.25, -0.2) is 0 Å². The van der Waals surface area contributed by atoms with E-state index in [1.807, 2.05) is 32.9 Å². The van der Waals surface area contributed by atoms with Gasteiger partial charge in [-0.3, -0.25) is 14.4 Å². The van der Waals surface area contributed by atoms with Crippen molar-refractivity contribution >= 4 is 17.8 Å². The number of esters is 2. The molecule has 1 saturated carbocycles. The van der Waals surface area contributed by atoms with E-state index < -0.39 is 23.5 Å². The normalized spacial score (nSPS) is 27.0. The van der Waals surface area contributed by atoms with E-state index in [1.165, 1.54) is 6.42 Å². The highest BCUT2D eigenvalue weighted by Gasteiger charge is 2.30. The number of carbonyl (C=O) groups is 3. The van der Waals surface area contributed by atoms with Crippen LogP contribution in [0.5, 0.6) is 0 Å². The van der Waals surface area contributed by atoms with Crippen molar-refractivity contribution in [3.63, 3.8) is 0 Å². The molecule has 28 heavy (non-hydrogen) atoms. The van der Waals surface area contributed by atoms with Gasteiger partial charge in [-0.2, -0.15) is 0 Å². The lowest BCUT2D eigenvalue weighted by molar-refractivity contribution is -0.162. The maximum absolute atomic E-state index is 12.7. The molecule has 0 unspecified atom stereocenters. The second-order valence-electron chi connectivity index (χ2n) is 8.94. The molecule has 6 heteroatoms. The molecule has 1 heterocycles. The third-order valence-corrected chi connectivity index (χ3v) is 5.26. The lowest BCUT2D eigenvalue weighted by atomic mass is 9.84. The molecule has 1 fully saturated rings. The molecule has 0 aromatic carbocycles. The lowest BCUT2D eigenvalue weighted by Gasteiger charge is -2.31. The van der Waals surface area contributed by atoms with Crippen LogP contribution >= 0.6 is 0 Å². The van der Waals surface area contributed by atoms with Crippen molar-refractivity contribution in [2.75, 3.05) is 6.61 Å². The molecular weight excluding hydrogens is 358 g/mol. The van der Waals surface area contributed by atoms with Gasteiger partial charge in [0.15, 0.2) is 0 Å². The maximum atomic E-state index is 12.7. The Bertz CT molecular complexity index is 572. The monoisotopic (exact) mass is 393 g/mol. The SMILES string of the molecule is CC(C)(C)OC(=O)C[C@@H]1C/C=C\CCC(=O)N[C@H](C2CCCCC2)COC1=O. The highest BCUT2D eigenvalue weighted by molar-refractivity contribution is 5.80. The number of carbonyl (C=O) groups excluding carboxylic acids is 3. The average molecular weight is 394 g/mol. The molecule has 1 aliphatic heterocycles. The molecular formula is C22H35NO5. The minimum atomic E-state index is -0.585. The summed E-state index contributed by atoms with van der Waals surface area (Å²) in [6.45, 7) is 5.59. The van der Waals surface area contributed by atoms with Crippen LogP contribution in [0.2, 0.25) is 0 Å². The molecule has 2 atom stereocenters. The minimum absolute atomic E-state index is 0.000891. The largest absolute Gasteiger partial charge is 0.463 e. The van der Waals surface area contributed by atoms with Crippen LogP contribution in [0.3, 0.4) is 0 Å². The molecule has 0 aromatic rings. The Balaban J connectivity index is 2.04. The summed E-state index contributed by atoms with van der Waals surface area (Å²) in [6.07, 6.45) is 10.8. The van der Waals surface area contributed by atoms with E-state index >= 15 is 0 Å². The van der Waals surface area contributed by atoms with E-state index in [4.69, 9.17) is 9.47 Å². The fraction of sp³-hybridized carbons (Fsp3) is 0.773. The summed E-state index contributed by atoms with van der Waals surface area (Å²) in [6, 6.07) is -0.151. The van der Waals surface area contributed by atoms with Gasteiger partial charge in [0, 0.05) is 6.42 Å². The molecule has 0 saturated heterocycles. The van der Waals surface area contributed by atoms with Gasteiger partial charge in [-0.15, -0.1) is 0 Å². The standard InChI is InChI=1S/C22H35NO5/c1-22(2,3)28-20(25)14-17-12-8-5-9-13-19(24)23-18(15-27-21(17)26)16-10-6-4-7-11-16/h5,8,16-18H,4,6-7,9-15H2,1-3H3,(H,23,24)/b8-5-/t17-,18-/m0/s1. The number of amides is 1. The number of allylic oxidation sites excluding steroid dienone is 2. The topological polar surface area (TPSA) is 81.7 Å². The van der Waals surface area contributed by atoms with Gasteiger partial charge in [0.25, 0.3) is 0 Å². The first-order chi connectivity index (χ1) is 13.2. The van der Waals surface area contributed by atoms with Gasteiger partial charge in [0.05, 0.1) is 18.4 Å². The summed E-state index contributed by atoms with van der Waals surface area (Å²) < 4.78 is 10.9. The van der Waals surface area contributed by atoms with Crippen LogP contribution in [0.4, 0.5) is 0 Å². The highest BCUT2D eigenvalue weighted by Crippen LogP contribution is 2.27. The molecule has 158 valence electrons. The second-order valence-corrected chi connectivity index (χ2v) is 8.94. The molecule has 1 amide bonds. The third-order valence-electron chi connectivity index (χ3n) is 5.26. The Morgan fingerprint density at radius 3 is 2.57 bits per heavy atom. The number of hydrogen-bond donors (Lipinski definition) is 1. The van der Waals surface area contributed by atoms with Crippen molar-refractivity contribution in [3.05, 3.63) is 12.2 Å². The molecule has 0 spiro atoms. The van der Waals surface area contributed by atoms with E-state index in [2.05, 4.69) is 5.32 Å². The molecule has 2 aliphatic rings. The number of cyclic esters (lactones) is 1. The lowest BCUT2D eigenvalue weighted by Crippen LogP contribution is -2.45. The van der Waals surface area contributed by atoms with Gasteiger partial charge >= 0.3 is 11.9 Å². The molecule has 1 aliphatic carbocycles. The van der Waals surface area contributed by atoms with Gasteiger partial charge in [-0.1, -0.05) is 31.4 Å². The number of nitrogens with one attached hydrogen (secondary N) is 1. The summed E-state index contributed by atoms with van der Waals surface area (Å²) >= 11 is 0. The van der Waals surface area contributed by atoms with Crippen LogP contribution in [0, 0.1) is 11.8 Å². The van der Waals surface area contributed by atoms with Gasteiger partial charge < -0.3 is 14.8 Å². The third kappa shape index (κ3) is 8.03. The van der Waals surface area contributed by atoms with Gasteiger partial charge in [0.2, 0.25) is 5.91 Å². The van der Waals surface area contributed by atoms with E-state index in [1.54, 1.807) is 0 Å². The van der Waals surface area contributed by atoms with Crippen LogP contribution in [-0.2, 0) is 23.9 Å². The van der Waals surface area contributed by atoms with E-state index in [0.29, 0.717) is 25.2 Å².